The second-order valence-corrected chi connectivity index (χ2v) is 4.69. The fourth-order valence-electron chi connectivity index (χ4n) is 1.93. The highest BCUT2D eigenvalue weighted by Gasteiger charge is 2.18. The van der Waals surface area contributed by atoms with Crippen molar-refractivity contribution in [3.05, 3.63) is 71.0 Å². The summed E-state index contributed by atoms with van der Waals surface area (Å²) in [7, 11) is 0. The molecule has 0 saturated carbocycles. The molecule has 0 aromatic heterocycles. The van der Waals surface area contributed by atoms with Crippen molar-refractivity contribution >= 4 is 5.97 Å². The van der Waals surface area contributed by atoms with E-state index in [1.807, 2.05) is 31.2 Å². The predicted molar refractivity (Wildman–Crippen MR) is 74.8 cm³/mol. The van der Waals surface area contributed by atoms with Crippen LogP contribution in [0, 0.1) is 12.7 Å². The Labute approximate surface area is 117 Å². The minimum absolute atomic E-state index is 0.378. The molecule has 2 aromatic carbocycles. The van der Waals surface area contributed by atoms with Crippen molar-refractivity contribution in [3.63, 3.8) is 0 Å². The Balaban J connectivity index is 2.08. The summed E-state index contributed by atoms with van der Waals surface area (Å²) in [5.74, 6) is -1.36. The zero-order chi connectivity index (χ0) is 14.5. The first-order valence-electron chi connectivity index (χ1n) is 6.33. The van der Waals surface area contributed by atoms with E-state index in [1.54, 1.807) is 0 Å². The van der Waals surface area contributed by atoms with Crippen LogP contribution >= 0.6 is 0 Å². The van der Waals surface area contributed by atoms with Crippen LogP contribution in [0.4, 0.5) is 4.39 Å². The summed E-state index contributed by atoms with van der Waals surface area (Å²) in [5, 5.41) is 12.2. The van der Waals surface area contributed by atoms with Gasteiger partial charge in [0.05, 0.1) is 0 Å². The minimum Gasteiger partial charge on any atom is -0.480 e. The summed E-state index contributed by atoms with van der Waals surface area (Å²) in [4.78, 5) is 11.3. The number of nitrogens with one attached hydrogen (secondary N) is 1. The third-order valence-electron chi connectivity index (χ3n) is 3.08. The summed E-state index contributed by atoms with van der Waals surface area (Å²) in [5.41, 5.74) is 2.69. The lowest BCUT2D eigenvalue weighted by Crippen LogP contribution is -2.28. The number of halogens is 1. The van der Waals surface area contributed by atoms with Crippen LogP contribution in [0.25, 0.3) is 0 Å². The Bertz CT molecular complexity index is 578. The van der Waals surface area contributed by atoms with E-state index in [4.69, 9.17) is 0 Å². The van der Waals surface area contributed by atoms with E-state index in [0.29, 0.717) is 12.1 Å². The molecule has 20 heavy (non-hydrogen) atoms. The molecule has 0 bridgehead atoms. The van der Waals surface area contributed by atoms with E-state index in [1.165, 1.54) is 24.3 Å². The lowest BCUT2D eigenvalue weighted by Gasteiger charge is -2.15. The van der Waals surface area contributed by atoms with Gasteiger partial charge in [-0.05, 0) is 30.2 Å². The van der Waals surface area contributed by atoms with E-state index >= 15 is 0 Å². The number of carboxylic acids is 1. The van der Waals surface area contributed by atoms with Crippen molar-refractivity contribution in [3.8, 4) is 0 Å². The maximum Gasteiger partial charge on any atom is 0.325 e. The lowest BCUT2D eigenvalue weighted by molar-refractivity contribution is -0.139. The van der Waals surface area contributed by atoms with Crippen LogP contribution in [0.1, 0.15) is 22.7 Å². The topological polar surface area (TPSA) is 49.3 Å². The van der Waals surface area contributed by atoms with Gasteiger partial charge in [-0.2, -0.15) is 0 Å². The smallest absolute Gasteiger partial charge is 0.325 e. The van der Waals surface area contributed by atoms with Crippen molar-refractivity contribution in [2.45, 2.75) is 19.5 Å². The number of carboxylic acid groups (broad SMARTS) is 1. The van der Waals surface area contributed by atoms with Gasteiger partial charge in [0, 0.05) is 6.54 Å². The number of benzene rings is 2. The van der Waals surface area contributed by atoms with Crippen LogP contribution in [0.2, 0.25) is 0 Å². The van der Waals surface area contributed by atoms with Crippen molar-refractivity contribution in [2.75, 3.05) is 0 Å². The van der Waals surface area contributed by atoms with E-state index in [2.05, 4.69) is 5.32 Å². The van der Waals surface area contributed by atoms with Gasteiger partial charge in [0.15, 0.2) is 0 Å². The molecule has 0 fully saturated rings. The van der Waals surface area contributed by atoms with Gasteiger partial charge in [0.1, 0.15) is 11.9 Å². The van der Waals surface area contributed by atoms with Crippen molar-refractivity contribution in [1.29, 1.82) is 0 Å². The lowest BCUT2D eigenvalue weighted by atomic mass is 10.1. The number of aliphatic carboxylic acids is 1. The van der Waals surface area contributed by atoms with Crippen LogP contribution in [0.5, 0.6) is 0 Å². The molecule has 0 aliphatic rings. The fourth-order valence-corrected chi connectivity index (χ4v) is 1.93. The highest BCUT2D eigenvalue weighted by Crippen LogP contribution is 2.15. The van der Waals surface area contributed by atoms with E-state index in [0.717, 1.165) is 11.1 Å². The average Bonchev–Trinajstić information content (AvgIpc) is 2.43. The first-order valence-corrected chi connectivity index (χ1v) is 6.33. The second-order valence-electron chi connectivity index (χ2n) is 4.69. The van der Waals surface area contributed by atoms with Crippen LogP contribution in [0.15, 0.2) is 48.5 Å². The third kappa shape index (κ3) is 3.65. The Kier molecular flexibility index (Phi) is 4.48. The summed E-state index contributed by atoms with van der Waals surface area (Å²) in [6.45, 7) is 2.43. The molecule has 104 valence electrons. The SMILES string of the molecule is Cc1ccc(CNC(C(=O)O)c2ccc(F)cc2)cc1. The number of rotatable bonds is 5. The first-order chi connectivity index (χ1) is 9.56. The molecule has 0 aliphatic carbocycles. The standard InChI is InChI=1S/C16H16FNO2/c1-11-2-4-12(5-3-11)10-18-15(16(19)20)13-6-8-14(17)9-7-13/h2-9,15,18H,10H2,1H3,(H,19,20). The molecule has 0 radical (unpaired) electrons. The molecule has 0 aliphatic heterocycles. The van der Waals surface area contributed by atoms with Gasteiger partial charge < -0.3 is 5.11 Å². The largest absolute Gasteiger partial charge is 0.480 e. The van der Waals surface area contributed by atoms with E-state index in [-0.39, 0.29) is 5.82 Å². The molecule has 0 spiro atoms. The molecule has 1 unspecified atom stereocenters. The first kappa shape index (κ1) is 14.2. The number of hydrogen-bond donors (Lipinski definition) is 2. The van der Waals surface area contributed by atoms with Gasteiger partial charge in [0.2, 0.25) is 0 Å². The summed E-state index contributed by atoms with van der Waals surface area (Å²) < 4.78 is 12.9. The predicted octanol–water partition coefficient (Wildman–Crippen LogP) is 3.05. The monoisotopic (exact) mass is 273 g/mol. The quantitative estimate of drug-likeness (QED) is 0.880. The van der Waals surface area contributed by atoms with Crippen LogP contribution in [-0.2, 0) is 11.3 Å². The maximum absolute atomic E-state index is 12.9. The Morgan fingerprint density at radius 2 is 1.75 bits per heavy atom. The number of aryl methyl sites for hydroxylation is 1. The maximum atomic E-state index is 12.9. The summed E-state index contributed by atoms with van der Waals surface area (Å²) in [6, 6.07) is 12.5. The highest BCUT2D eigenvalue weighted by atomic mass is 19.1. The van der Waals surface area contributed by atoms with Crippen LogP contribution in [-0.4, -0.2) is 11.1 Å². The molecule has 2 aromatic rings. The van der Waals surface area contributed by atoms with Crippen molar-refractivity contribution in [1.82, 2.24) is 5.32 Å². The zero-order valence-electron chi connectivity index (χ0n) is 11.1. The van der Waals surface area contributed by atoms with Gasteiger partial charge in [0.25, 0.3) is 0 Å². The van der Waals surface area contributed by atoms with Gasteiger partial charge in [-0.1, -0.05) is 42.0 Å². The second kappa shape index (κ2) is 6.30. The summed E-state index contributed by atoms with van der Waals surface area (Å²) in [6.07, 6.45) is 0. The van der Waals surface area contributed by atoms with E-state index in [9.17, 15) is 14.3 Å². The molecule has 4 heteroatoms. The van der Waals surface area contributed by atoms with Crippen LogP contribution in [0.3, 0.4) is 0 Å². The number of carbonyl (C=O) groups is 1. The molecule has 2 rings (SSSR count). The van der Waals surface area contributed by atoms with Crippen molar-refractivity contribution in [2.24, 2.45) is 0 Å². The van der Waals surface area contributed by atoms with Gasteiger partial charge in [-0.3, -0.25) is 10.1 Å². The molecular formula is C16H16FNO2. The molecule has 1 atom stereocenters. The van der Waals surface area contributed by atoms with Gasteiger partial charge >= 0.3 is 5.97 Å². The molecule has 0 heterocycles. The molecule has 0 amide bonds. The normalized spacial score (nSPS) is 12.1. The average molecular weight is 273 g/mol. The Morgan fingerprint density at radius 3 is 2.30 bits per heavy atom. The van der Waals surface area contributed by atoms with Crippen LogP contribution < -0.4 is 5.32 Å². The highest BCUT2D eigenvalue weighted by molar-refractivity contribution is 5.75. The third-order valence-corrected chi connectivity index (χ3v) is 3.08. The fraction of sp³-hybridized carbons (Fsp3) is 0.188. The Morgan fingerprint density at radius 1 is 1.15 bits per heavy atom. The van der Waals surface area contributed by atoms with E-state index < -0.39 is 12.0 Å². The van der Waals surface area contributed by atoms with Gasteiger partial charge in [-0.15, -0.1) is 0 Å². The molecule has 2 N–H and O–H groups in total. The Hall–Kier alpha value is -2.20. The number of hydrogen-bond acceptors (Lipinski definition) is 2. The van der Waals surface area contributed by atoms with Gasteiger partial charge in [-0.25, -0.2) is 4.39 Å². The zero-order valence-corrected chi connectivity index (χ0v) is 11.1. The summed E-state index contributed by atoms with van der Waals surface area (Å²) >= 11 is 0. The molecular weight excluding hydrogens is 257 g/mol. The molecule has 0 saturated heterocycles. The van der Waals surface area contributed by atoms with Crippen molar-refractivity contribution < 1.29 is 14.3 Å². The minimum atomic E-state index is -0.983. The molecule has 3 nitrogen and oxygen atoms in total.